The van der Waals surface area contributed by atoms with Gasteiger partial charge in [-0.05, 0) is 25.7 Å². The molecule has 0 saturated carbocycles. The summed E-state index contributed by atoms with van der Waals surface area (Å²) in [6.07, 6.45) is 8.34. The summed E-state index contributed by atoms with van der Waals surface area (Å²) in [6.45, 7) is 2.18. The third-order valence-electron chi connectivity index (χ3n) is 2.77. The van der Waals surface area contributed by atoms with E-state index in [4.69, 9.17) is 0 Å². The van der Waals surface area contributed by atoms with E-state index in [0.717, 1.165) is 18.9 Å². The molecular weight excluding hydrogens is 158 g/mol. The third-order valence-corrected chi connectivity index (χ3v) is 2.77. The van der Waals surface area contributed by atoms with Crippen LogP contribution in [0.2, 0.25) is 0 Å². The molecule has 1 heteroatoms. The van der Waals surface area contributed by atoms with E-state index >= 15 is 0 Å². The average molecular weight is 175 g/mol. The maximum absolute atomic E-state index is 3.57. The van der Waals surface area contributed by atoms with E-state index in [0.29, 0.717) is 6.04 Å². The lowest BCUT2D eigenvalue weighted by molar-refractivity contribution is 0.557. The summed E-state index contributed by atoms with van der Waals surface area (Å²) in [5, 5.41) is 3.57. The van der Waals surface area contributed by atoms with Gasteiger partial charge in [-0.3, -0.25) is 0 Å². The van der Waals surface area contributed by atoms with Gasteiger partial charge in [0.05, 0.1) is 0 Å². The van der Waals surface area contributed by atoms with Crippen LogP contribution in [0.3, 0.4) is 0 Å². The zero-order chi connectivity index (χ0) is 9.10. The number of fused-ring (bicyclic) bond motifs is 2. The zero-order valence-corrected chi connectivity index (χ0v) is 8.27. The summed E-state index contributed by atoms with van der Waals surface area (Å²) in [6, 6.07) is 1.35. The van der Waals surface area contributed by atoms with Crippen LogP contribution in [0.25, 0.3) is 0 Å². The number of unbranched alkanes of at least 4 members (excludes halogenated alkanes) is 1. The summed E-state index contributed by atoms with van der Waals surface area (Å²) in [7, 11) is 0. The Bertz CT molecular complexity index is 267. The minimum atomic E-state index is 0.629. The second-order valence-electron chi connectivity index (χ2n) is 4.00. The molecule has 0 aliphatic carbocycles. The summed E-state index contributed by atoms with van der Waals surface area (Å²) in [4.78, 5) is 0. The molecule has 1 N–H and O–H groups in total. The first kappa shape index (κ1) is 8.84. The Morgan fingerprint density at radius 2 is 2.46 bits per heavy atom. The Balaban J connectivity index is 1.98. The second kappa shape index (κ2) is 3.98. The predicted octanol–water partition coefficient (Wildman–Crippen LogP) is 2.24. The molecule has 2 bridgehead atoms. The molecule has 2 rings (SSSR count). The van der Waals surface area contributed by atoms with Crippen molar-refractivity contribution in [2.75, 3.05) is 0 Å². The molecule has 1 fully saturated rings. The average Bonchev–Trinajstić information content (AvgIpc) is 2.46. The normalized spacial score (nSPS) is 30.7. The maximum atomic E-state index is 3.57. The molecular formula is C12H17N. The van der Waals surface area contributed by atoms with Crippen molar-refractivity contribution in [1.29, 1.82) is 0 Å². The van der Waals surface area contributed by atoms with Crippen LogP contribution in [0, 0.1) is 11.8 Å². The molecule has 0 spiro atoms. The Morgan fingerprint density at radius 3 is 3.23 bits per heavy atom. The van der Waals surface area contributed by atoms with Crippen molar-refractivity contribution in [1.82, 2.24) is 5.32 Å². The van der Waals surface area contributed by atoms with E-state index in [1.54, 1.807) is 0 Å². The van der Waals surface area contributed by atoms with Crippen molar-refractivity contribution in [3.63, 3.8) is 0 Å². The predicted molar refractivity (Wildman–Crippen MR) is 55.3 cm³/mol. The molecule has 2 atom stereocenters. The van der Waals surface area contributed by atoms with Gasteiger partial charge in [-0.2, -0.15) is 0 Å². The van der Waals surface area contributed by atoms with Crippen LogP contribution in [-0.4, -0.2) is 12.1 Å². The Hall–Kier alpha value is -0.740. The van der Waals surface area contributed by atoms with Crippen LogP contribution in [0.1, 0.15) is 39.0 Å². The lowest BCUT2D eigenvalue weighted by atomic mass is 10.0. The van der Waals surface area contributed by atoms with Gasteiger partial charge in [-0.15, -0.1) is 0 Å². The first-order chi connectivity index (χ1) is 6.38. The van der Waals surface area contributed by atoms with Crippen molar-refractivity contribution in [2.45, 2.75) is 51.1 Å². The molecule has 2 heterocycles. The Kier molecular flexibility index (Phi) is 2.71. The van der Waals surface area contributed by atoms with E-state index in [1.165, 1.54) is 24.8 Å². The fraction of sp³-hybridized carbons (Fsp3) is 0.667. The van der Waals surface area contributed by atoms with Crippen molar-refractivity contribution in [3.8, 4) is 11.8 Å². The van der Waals surface area contributed by atoms with Gasteiger partial charge in [-0.25, -0.2) is 0 Å². The highest BCUT2D eigenvalue weighted by molar-refractivity contribution is 5.33. The van der Waals surface area contributed by atoms with Crippen LogP contribution in [0.5, 0.6) is 0 Å². The minimum Gasteiger partial charge on any atom is -0.307 e. The quantitative estimate of drug-likeness (QED) is 0.603. The fourth-order valence-electron chi connectivity index (χ4n) is 2.11. The number of hydrogen-bond acceptors (Lipinski definition) is 1. The molecule has 1 saturated heterocycles. The zero-order valence-electron chi connectivity index (χ0n) is 8.27. The van der Waals surface area contributed by atoms with Crippen LogP contribution in [0.15, 0.2) is 11.6 Å². The number of nitrogens with one attached hydrogen (secondary N) is 1. The van der Waals surface area contributed by atoms with E-state index in [-0.39, 0.29) is 0 Å². The topological polar surface area (TPSA) is 12.0 Å². The van der Waals surface area contributed by atoms with Crippen LogP contribution in [-0.2, 0) is 0 Å². The highest BCUT2D eigenvalue weighted by Crippen LogP contribution is 2.25. The summed E-state index contributed by atoms with van der Waals surface area (Å²) in [5.41, 5.74) is 1.37. The maximum Gasteiger partial charge on any atom is 0.0265 e. The van der Waals surface area contributed by atoms with Gasteiger partial charge in [0, 0.05) is 24.1 Å². The SMILES string of the molecule is CCCC#CC1=CC2CCC(C1)N2. The highest BCUT2D eigenvalue weighted by atomic mass is 15.0. The van der Waals surface area contributed by atoms with Gasteiger partial charge in [0.1, 0.15) is 0 Å². The molecule has 2 aliphatic rings. The third kappa shape index (κ3) is 2.14. The molecule has 0 radical (unpaired) electrons. The molecule has 0 aromatic carbocycles. The minimum absolute atomic E-state index is 0.629. The molecule has 2 unspecified atom stereocenters. The van der Waals surface area contributed by atoms with Gasteiger partial charge in [0.15, 0.2) is 0 Å². The summed E-state index contributed by atoms with van der Waals surface area (Å²) >= 11 is 0. The number of rotatable bonds is 1. The van der Waals surface area contributed by atoms with Gasteiger partial charge < -0.3 is 5.32 Å². The molecule has 70 valence electrons. The fourth-order valence-corrected chi connectivity index (χ4v) is 2.11. The first-order valence-electron chi connectivity index (χ1n) is 5.34. The standard InChI is InChI=1S/C12H17N/c1-2-3-4-5-10-8-11-6-7-12(9-10)13-11/h8,11-13H,2-3,6-7,9H2,1H3. The van der Waals surface area contributed by atoms with Crippen LogP contribution >= 0.6 is 0 Å². The van der Waals surface area contributed by atoms with Crippen molar-refractivity contribution in [2.24, 2.45) is 0 Å². The van der Waals surface area contributed by atoms with E-state index in [2.05, 4.69) is 30.2 Å². The van der Waals surface area contributed by atoms with Crippen molar-refractivity contribution >= 4 is 0 Å². The molecule has 2 aliphatic heterocycles. The van der Waals surface area contributed by atoms with Crippen LogP contribution in [0.4, 0.5) is 0 Å². The Morgan fingerprint density at radius 1 is 1.54 bits per heavy atom. The second-order valence-corrected chi connectivity index (χ2v) is 4.00. The molecule has 1 nitrogen and oxygen atoms in total. The molecule has 0 aromatic rings. The summed E-state index contributed by atoms with van der Waals surface area (Å²) < 4.78 is 0. The summed E-state index contributed by atoms with van der Waals surface area (Å²) in [5.74, 6) is 6.52. The molecule has 13 heavy (non-hydrogen) atoms. The van der Waals surface area contributed by atoms with E-state index < -0.39 is 0 Å². The molecule has 0 aromatic heterocycles. The first-order valence-corrected chi connectivity index (χ1v) is 5.34. The lowest BCUT2D eigenvalue weighted by Gasteiger charge is -2.17. The van der Waals surface area contributed by atoms with Gasteiger partial charge in [0.2, 0.25) is 0 Å². The molecule has 0 amide bonds. The van der Waals surface area contributed by atoms with Crippen molar-refractivity contribution in [3.05, 3.63) is 11.6 Å². The monoisotopic (exact) mass is 175 g/mol. The Labute approximate surface area is 80.6 Å². The number of hydrogen-bond donors (Lipinski definition) is 1. The lowest BCUT2D eigenvalue weighted by Crippen LogP contribution is -2.32. The van der Waals surface area contributed by atoms with Crippen molar-refractivity contribution < 1.29 is 0 Å². The largest absolute Gasteiger partial charge is 0.307 e. The smallest absolute Gasteiger partial charge is 0.0265 e. The van der Waals surface area contributed by atoms with Gasteiger partial charge >= 0.3 is 0 Å². The van der Waals surface area contributed by atoms with Gasteiger partial charge in [0.25, 0.3) is 0 Å². The van der Waals surface area contributed by atoms with E-state index in [9.17, 15) is 0 Å². The van der Waals surface area contributed by atoms with Gasteiger partial charge in [-0.1, -0.05) is 24.8 Å². The highest BCUT2D eigenvalue weighted by Gasteiger charge is 2.26. The van der Waals surface area contributed by atoms with E-state index in [1.807, 2.05) is 0 Å². The van der Waals surface area contributed by atoms with Crippen LogP contribution < -0.4 is 5.32 Å².